The van der Waals surface area contributed by atoms with E-state index in [-0.39, 0.29) is 17.7 Å². The average molecular weight is 1010 g/mol. The molecule has 10 rings (SSSR count). The van der Waals surface area contributed by atoms with Gasteiger partial charge in [-0.3, -0.25) is 24.7 Å². The van der Waals surface area contributed by atoms with Crippen LogP contribution < -0.4 is 25.3 Å². The summed E-state index contributed by atoms with van der Waals surface area (Å²) in [6, 6.07) is 7.03. The molecule has 5 aromatic rings. The molecule has 2 N–H and O–H groups in total. The highest BCUT2D eigenvalue weighted by Crippen LogP contribution is 2.45. The van der Waals surface area contributed by atoms with Crippen LogP contribution in [0.1, 0.15) is 87.4 Å². The number of nitrogens with one attached hydrogen (secondary N) is 2. The van der Waals surface area contributed by atoms with E-state index >= 15 is 0 Å². The first-order chi connectivity index (χ1) is 31.7. The van der Waals surface area contributed by atoms with Crippen molar-refractivity contribution in [1.82, 2.24) is 24.8 Å². The second-order valence-corrected chi connectivity index (χ2v) is 23.1. The van der Waals surface area contributed by atoms with Gasteiger partial charge in [-0.2, -0.15) is 0 Å². The number of carbonyl (C=O) groups excluding carboxylic acids is 2. The van der Waals surface area contributed by atoms with Gasteiger partial charge in [0.2, 0.25) is 5.91 Å². The molecule has 0 radical (unpaired) electrons. The number of nitrogens with zero attached hydrogens (tertiary/aromatic N) is 8. The molecule has 346 valence electrons. The molecule has 8 heterocycles. The Labute approximate surface area is 412 Å². The number of pyridine rings is 1. The van der Waals surface area contributed by atoms with Crippen molar-refractivity contribution in [2.24, 2.45) is 5.92 Å². The van der Waals surface area contributed by atoms with E-state index in [1.165, 1.54) is 86.9 Å². The molecule has 5 aliphatic rings. The number of anilines is 5. The highest BCUT2D eigenvalue weighted by molar-refractivity contribution is 7.24. The van der Waals surface area contributed by atoms with Crippen LogP contribution in [0.5, 0.6) is 0 Å². The molecule has 2 amide bonds. The molecule has 2 saturated carbocycles. The topological polar surface area (TPSA) is 113 Å². The van der Waals surface area contributed by atoms with Crippen molar-refractivity contribution in [3.63, 3.8) is 0 Å². The Morgan fingerprint density at radius 3 is 1.51 bits per heavy atom. The number of halogens is 3. The molecule has 0 bridgehead atoms. The van der Waals surface area contributed by atoms with Crippen LogP contribution in [0.25, 0.3) is 19.5 Å². The maximum absolute atomic E-state index is 13.8. The minimum absolute atomic E-state index is 0.0220. The molecule has 12 nitrogen and oxygen atoms in total. The maximum Gasteiger partial charge on any atom is 0.259 e. The molecular weight excluding hydrogens is 959 g/mol. The highest BCUT2D eigenvalue weighted by Gasteiger charge is 2.32. The van der Waals surface area contributed by atoms with Gasteiger partial charge in [-0.25, -0.2) is 15.0 Å². The number of hydrogen-bond acceptors (Lipinski definition) is 14. The first-order valence-corrected chi connectivity index (χ1v) is 27.8. The maximum atomic E-state index is 13.8. The lowest BCUT2D eigenvalue weighted by atomic mass is 9.94. The molecule has 0 aromatic carbocycles. The molecule has 0 atom stereocenters. The zero-order valence-corrected chi connectivity index (χ0v) is 41.9. The molecule has 3 aliphatic heterocycles. The van der Waals surface area contributed by atoms with Crippen LogP contribution in [-0.4, -0.2) is 114 Å². The summed E-state index contributed by atoms with van der Waals surface area (Å²) in [6.45, 7) is 8.90. The summed E-state index contributed by atoms with van der Waals surface area (Å²) in [5.41, 5.74) is 0.352. The van der Waals surface area contributed by atoms with Gasteiger partial charge in [-0.05, 0) is 56.7 Å². The molecule has 3 saturated heterocycles. The normalized spacial score (nSPS) is 20.1. The number of rotatable bonds is 11. The summed E-state index contributed by atoms with van der Waals surface area (Å²) in [5.74, 6) is 1.90. The Hall–Kier alpha value is -3.06. The third-order valence-corrected chi connectivity index (χ3v) is 19.0. The van der Waals surface area contributed by atoms with E-state index < -0.39 is 0 Å². The van der Waals surface area contributed by atoms with Gasteiger partial charge >= 0.3 is 0 Å². The van der Waals surface area contributed by atoms with Gasteiger partial charge in [0.15, 0.2) is 21.9 Å². The number of thiazole rings is 2. The molecule has 65 heavy (non-hydrogen) atoms. The van der Waals surface area contributed by atoms with Gasteiger partial charge in [-0.1, -0.05) is 96.0 Å². The Morgan fingerprint density at radius 2 is 1.05 bits per heavy atom. The molecule has 5 aromatic heterocycles. The first kappa shape index (κ1) is 45.7. The quantitative estimate of drug-likeness (QED) is 0.133. The lowest BCUT2D eigenvalue weighted by molar-refractivity contribution is -0.120. The summed E-state index contributed by atoms with van der Waals surface area (Å²) in [5, 5.41) is 13.0. The highest BCUT2D eigenvalue weighted by atomic mass is 35.5. The van der Waals surface area contributed by atoms with Crippen LogP contribution in [0.3, 0.4) is 0 Å². The van der Waals surface area contributed by atoms with Gasteiger partial charge in [0.05, 0.1) is 30.4 Å². The predicted octanol–water partition coefficient (Wildman–Crippen LogP) is 11.4. The van der Waals surface area contributed by atoms with E-state index in [2.05, 4.69) is 40.1 Å². The smallest absolute Gasteiger partial charge is 0.259 e. The van der Waals surface area contributed by atoms with Crippen molar-refractivity contribution in [1.29, 1.82) is 0 Å². The second kappa shape index (κ2) is 20.7. The zero-order chi connectivity index (χ0) is 44.4. The van der Waals surface area contributed by atoms with Gasteiger partial charge in [0, 0.05) is 110 Å². The largest absolute Gasteiger partial charge is 0.355 e. The number of piperazine rings is 2. The van der Waals surface area contributed by atoms with Crippen LogP contribution in [0.4, 0.5) is 27.7 Å². The van der Waals surface area contributed by atoms with E-state index in [9.17, 15) is 9.59 Å². The van der Waals surface area contributed by atoms with Crippen molar-refractivity contribution in [3.8, 4) is 19.5 Å². The average Bonchev–Trinajstić information content (AvgIpc) is 4.17. The van der Waals surface area contributed by atoms with E-state index in [1.54, 1.807) is 34.9 Å². The third kappa shape index (κ3) is 10.5. The summed E-state index contributed by atoms with van der Waals surface area (Å²) in [7, 11) is 0. The van der Waals surface area contributed by atoms with E-state index in [4.69, 9.17) is 44.8 Å². The van der Waals surface area contributed by atoms with Crippen LogP contribution in [-0.2, 0) is 4.79 Å². The second-order valence-electron chi connectivity index (χ2n) is 18.0. The van der Waals surface area contributed by atoms with Gasteiger partial charge in [0.1, 0.15) is 5.82 Å². The molecule has 2 aliphatic carbocycles. The fourth-order valence-corrected chi connectivity index (χ4v) is 15.0. The van der Waals surface area contributed by atoms with Crippen molar-refractivity contribution in [2.45, 2.75) is 89.1 Å². The Bertz CT molecular complexity index is 2440. The molecule has 0 spiro atoms. The van der Waals surface area contributed by atoms with Gasteiger partial charge in [-0.15, -0.1) is 22.7 Å². The minimum atomic E-state index is -0.322. The summed E-state index contributed by atoms with van der Waals surface area (Å²) >= 11 is 25.8. The molecule has 19 heteroatoms. The summed E-state index contributed by atoms with van der Waals surface area (Å²) < 4.78 is 0. The Morgan fingerprint density at radius 1 is 0.569 bits per heavy atom. The van der Waals surface area contributed by atoms with Crippen LogP contribution >= 0.6 is 80.1 Å². The lowest BCUT2D eigenvalue weighted by Gasteiger charge is -2.41. The number of piperidine rings is 1. The fourth-order valence-electron chi connectivity index (χ4n) is 10.4. The molecule has 5 fully saturated rings. The van der Waals surface area contributed by atoms with Crippen molar-refractivity contribution in [2.75, 3.05) is 90.8 Å². The predicted molar refractivity (Wildman–Crippen MR) is 273 cm³/mol. The number of amides is 2. The third-order valence-electron chi connectivity index (χ3n) is 13.9. The monoisotopic (exact) mass is 1010 g/mol. The van der Waals surface area contributed by atoms with Crippen LogP contribution in [0.15, 0.2) is 35.2 Å². The fraction of sp³-hybridized carbons (Fsp3) is 0.543. The number of hydrogen-bond donors (Lipinski definition) is 2. The molecular formula is C46H55Cl3N10O2S4. The minimum Gasteiger partial charge on any atom is -0.355 e. The van der Waals surface area contributed by atoms with Crippen molar-refractivity contribution < 1.29 is 9.59 Å². The van der Waals surface area contributed by atoms with E-state index in [0.29, 0.717) is 74.7 Å². The number of thiophene rings is 2. The van der Waals surface area contributed by atoms with Crippen LogP contribution in [0, 0.1) is 5.92 Å². The zero-order valence-electron chi connectivity index (χ0n) is 36.4. The van der Waals surface area contributed by atoms with Crippen LogP contribution in [0.2, 0.25) is 15.1 Å². The first-order valence-electron chi connectivity index (χ1n) is 23.2. The van der Waals surface area contributed by atoms with Gasteiger partial charge < -0.3 is 20.0 Å². The Balaban J connectivity index is 0.754. The van der Waals surface area contributed by atoms with Crippen molar-refractivity contribution in [3.05, 3.63) is 55.8 Å². The van der Waals surface area contributed by atoms with Crippen molar-refractivity contribution >= 4 is 120 Å². The number of carbonyl (C=O) groups is 2. The summed E-state index contributed by atoms with van der Waals surface area (Å²) in [6.07, 6.45) is 16.1. The van der Waals surface area contributed by atoms with E-state index in [1.807, 2.05) is 22.9 Å². The van der Waals surface area contributed by atoms with E-state index in [0.717, 1.165) is 83.5 Å². The Kier molecular flexibility index (Phi) is 14.5. The SMILES string of the molecule is O=C(Nc1nc(N2CCN(C3CCCCC3)CC2)c(-c2cc(Cl)cs2)s1)c1cnc(N2CCC(C(=O)Nc3nc(N4CCN(C5CCCCC5)CC4)c(-c4cc(Cl)cs4)s3)CC2)c(Cl)c1. The summed E-state index contributed by atoms with van der Waals surface area (Å²) in [4.78, 5) is 58.5. The standard InChI is InChI=1S/C46H55Cl3N10O2S4/c47-31-24-36(62-27-31)38-41(58-19-15-55(16-20-58)33-7-3-1-4-8-33)51-45(64-38)53-43(60)29-11-13-57(14-12-29)40-35(49)23-30(26-50-40)44(61)54-46-52-42(39(65-46)37-25-32(48)28-63-37)59-21-17-56(18-22-59)34-9-5-2-6-10-34/h23-29,33-34H,1-22H2,(H,51,53,60)(H,52,54,61). The number of aromatic nitrogens is 3. The molecule has 0 unspecified atom stereocenters. The lowest BCUT2D eigenvalue weighted by Crippen LogP contribution is -2.51. The van der Waals surface area contributed by atoms with Gasteiger partial charge in [0.25, 0.3) is 5.91 Å².